The van der Waals surface area contributed by atoms with E-state index >= 15 is 0 Å². The number of anilines is 1. The second-order valence-electron chi connectivity index (χ2n) is 7.22. The van der Waals surface area contributed by atoms with Crippen molar-refractivity contribution in [2.45, 2.75) is 26.9 Å². The molecule has 0 aliphatic carbocycles. The topological polar surface area (TPSA) is 90.3 Å². The number of benzene rings is 2. The van der Waals surface area contributed by atoms with Gasteiger partial charge in [0.15, 0.2) is 11.9 Å². The van der Waals surface area contributed by atoms with Crippen LogP contribution in [-0.2, 0) is 14.3 Å². The first-order valence-electron chi connectivity index (χ1n) is 9.97. The van der Waals surface area contributed by atoms with Crippen molar-refractivity contribution in [3.8, 4) is 5.69 Å². The number of rotatable bonds is 7. The zero-order valence-corrected chi connectivity index (χ0v) is 18.9. The number of hydrogen-bond acceptors (Lipinski definition) is 5. The maximum atomic E-state index is 13.2. The highest BCUT2D eigenvalue weighted by Crippen LogP contribution is 2.25. The molecule has 0 bridgehead atoms. The fourth-order valence-electron chi connectivity index (χ4n) is 2.93. The Morgan fingerprint density at radius 1 is 1.18 bits per heavy atom. The Labute approximate surface area is 194 Å². The number of aryl methyl sites for hydroxylation is 1. The first-order valence-corrected chi connectivity index (χ1v) is 10.3. The van der Waals surface area contributed by atoms with Crippen LogP contribution < -0.4 is 5.32 Å². The molecule has 0 fully saturated rings. The van der Waals surface area contributed by atoms with E-state index in [0.717, 1.165) is 6.08 Å². The molecule has 33 heavy (non-hydrogen) atoms. The molecule has 1 unspecified atom stereocenters. The Morgan fingerprint density at radius 3 is 2.55 bits per heavy atom. The van der Waals surface area contributed by atoms with Crippen molar-refractivity contribution in [3.63, 3.8) is 0 Å². The van der Waals surface area contributed by atoms with Crippen LogP contribution in [0.5, 0.6) is 0 Å². The van der Waals surface area contributed by atoms with Gasteiger partial charge in [0, 0.05) is 22.9 Å². The van der Waals surface area contributed by atoms with Gasteiger partial charge < -0.3 is 10.1 Å². The first-order chi connectivity index (χ1) is 15.7. The van der Waals surface area contributed by atoms with Crippen LogP contribution in [0, 0.1) is 12.7 Å². The highest BCUT2D eigenvalue weighted by Gasteiger charge is 2.18. The van der Waals surface area contributed by atoms with Gasteiger partial charge in [0.1, 0.15) is 11.0 Å². The second-order valence-corrected chi connectivity index (χ2v) is 7.57. The van der Waals surface area contributed by atoms with Crippen molar-refractivity contribution in [3.05, 3.63) is 82.4 Å². The zero-order valence-electron chi connectivity index (χ0n) is 18.1. The van der Waals surface area contributed by atoms with Crippen molar-refractivity contribution in [2.75, 3.05) is 5.32 Å². The minimum atomic E-state index is -1.08. The predicted octanol–water partition coefficient (Wildman–Crippen LogP) is 4.76. The summed E-state index contributed by atoms with van der Waals surface area (Å²) < 4.78 is 19.7. The van der Waals surface area contributed by atoms with Gasteiger partial charge in [-0.25, -0.2) is 13.9 Å². The van der Waals surface area contributed by atoms with E-state index in [2.05, 4.69) is 10.4 Å². The molecule has 2 aromatic carbocycles. The number of carbonyl (C=O) groups is 3. The Hall–Kier alpha value is -3.78. The van der Waals surface area contributed by atoms with Gasteiger partial charge in [0.2, 0.25) is 0 Å². The number of halogens is 2. The summed E-state index contributed by atoms with van der Waals surface area (Å²) in [4.78, 5) is 36.0. The molecule has 3 rings (SSSR count). The Bertz CT molecular complexity index is 1240. The summed E-state index contributed by atoms with van der Waals surface area (Å²) in [7, 11) is 0. The Morgan fingerprint density at radius 2 is 1.88 bits per heavy atom. The molecule has 1 amide bonds. The maximum absolute atomic E-state index is 13.2. The molecular formula is C24H21ClFN3O4. The van der Waals surface area contributed by atoms with E-state index < -0.39 is 18.0 Å². The summed E-state index contributed by atoms with van der Waals surface area (Å²) in [6.07, 6.45) is 1.50. The van der Waals surface area contributed by atoms with Gasteiger partial charge in [0.25, 0.3) is 5.91 Å². The number of carbonyl (C=O) groups excluding carboxylic acids is 3. The number of nitrogens with zero attached hydrogens (tertiary/aromatic N) is 2. The summed E-state index contributed by atoms with van der Waals surface area (Å²) in [5, 5.41) is 7.16. The number of amides is 1. The van der Waals surface area contributed by atoms with Crippen LogP contribution in [0.15, 0.2) is 54.6 Å². The molecule has 0 aliphatic rings. The Kier molecular flexibility index (Phi) is 7.40. The molecule has 0 radical (unpaired) electrons. The highest BCUT2D eigenvalue weighted by molar-refractivity contribution is 6.31. The second kappa shape index (κ2) is 10.2. The van der Waals surface area contributed by atoms with E-state index in [4.69, 9.17) is 16.3 Å². The standard InChI is InChI=1S/C24H21ClFN3O4/c1-14-21(23(25)29(28-14)20-9-7-18(26)8-10-20)11-12-22(31)33-16(3)24(32)27-19-6-4-5-17(13-19)15(2)30/h4-13,16H,1-3H3,(H,27,32)/b12-11+. The van der Waals surface area contributed by atoms with Crippen LogP contribution in [0.2, 0.25) is 5.15 Å². The lowest BCUT2D eigenvalue weighted by atomic mass is 10.1. The van der Waals surface area contributed by atoms with E-state index in [1.54, 1.807) is 25.1 Å². The van der Waals surface area contributed by atoms with Crippen LogP contribution >= 0.6 is 11.6 Å². The van der Waals surface area contributed by atoms with Crippen LogP contribution in [-0.4, -0.2) is 33.5 Å². The molecule has 0 spiro atoms. The number of esters is 1. The summed E-state index contributed by atoms with van der Waals surface area (Å²) in [5.41, 5.74) is 2.46. The largest absolute Gasteiger partial charge is 0.449 e. The normalized spacial score (nSPS) is 11.9. The Balaban J connectivity index is 1.65. The van der Waals surface area contributed by atoms with Gasteiger partial charge in [-0.3, -0.25) is 9.59 Å². The molecule has 0 saturated carbocycles. The fourth-order valence-corrected chi connectivity index (χ4v) is 3.27. The van der Waals surface area contributed by atoms with E-state index in [0.29, 0.717) is 28.2 Å². The van der Waals surface area contributed by atoms with Gasteiger partial charge in [0.05, 0.1) is 11.4 Å². The molecule has 3 aromatic rings. The van der Waals surface area contributed by atoms with Crippen molar-refractivity contribution in [1.82, 2.24) is 9.78 Å². The van der Waals surface area contributed by atoms with Gasteiger partial charge in [-0.15, -0.1) is 0 Å². The van der Waals surface area contributed by atoms with E-state index in [9.17, 15) is 18.8 Å². The van der Waals surface area contributed by atoms with Gasteiger partial charge >= 0.3 is 5.97 Å². The number of hydrogen-bond donors (Lipinski definition) is 1. The third kappa shape index (κ3) is 5.93. The quantitative estimate of drug-likeness (QED) is 0.306. The highest BCUT2D eigenvalue weighted by atomic mass is 35.5. The maximum Gasteiger partial charge on any atom is 0.331 e. The smallest absolute Gasteiger partial charge is 0.331 e. The molecule has 1 N–H and O–H groups in total. The number of aromatic nitrogens is 2. The third-order valence-corrected chi connectivity index (χ3v) is 5.07. The zero-order chi connectivity index (χ0) is 24.1. The molecule has 0 aliphatic heterocycles. The van der Waals surface area contributed by atoms with Crippen LogP contribution in [0.25, 0.3) is 11.8 Å². The molecule has 1 aromatic heterocycles. The summed E-state index contributed by atoms with van der Waals surface area (Å²) in [5.74, 6) is -1.81. The number of ether oxygens (including phenoxy) is 1. The van der Waals surface area contributed by atoms with E-state index in [-0.39, 0.29) is 16.8 Å². The summed E-state index contributed by atoms with van der Waals surface area (Å²) in [6, 6.07) is 12.1. The summed E-state index contributed by atoms with van der Waals surface area (Å²) >= 11 is 6.38. The molecule has 170 valence electrons. The molecule has 1 atom stereocenters. The SMILES string of the molecule is CC(=O)c1cccc(NC(=O)C(C)OC(=O)/C=C/c2c(C)nn(-c3ccc(F)cc3)c2Cl)c1. The number of nitrogens with one attached hydrogen (secondary N) is 1. The fraction of sp³-hybridized carbons (Fsp3) is 0.167. The van der Waals surface area contributed by atoms with Crippen molar-refractivity contribution in [2.24, 2.45) is 0 Å². The van der Waals surface area contributed by atoms with Crippen molar-refractivity contribution in [1.29, 1.82) is 0 Å². The lowest BCUT2D eigenvalue weighted by Crippen LogP contribution is -2.29. The van der Waals surface area contributed by atoms with Gasteiger partial charge in [-0.2, -0.15) is 5.10 Å². The lowest BCUT2D eigenvalue weighted by molar-refractivity contribution is -0.148. The first kappa shape index (κ1) is 23.9. The average Bonchev–Trinajstić information content (AvgIpc) is 3.06. The average molecular weight is 470 g/mol. The van der Waals surface area contributed by atoms with Crippen molar-refractivity contribution >= 4 is 41.0 Å². The molecular weight excluding hydrogens is 449 g/mol. The van der Waals surface area contributed by atoms with Gasteiger partial charge in [-0.1, -0.05) is 23.7 Å². The molecule has 0 saturated heterocycles. The minimum Gasteiger partial charge on any atom is -0.449 e. The third-order valence-electron chi connectivity index (χ3n) is 4.70. The summed E-state index contributed by atoms with van der Waals surface area (Å²) in [6.45, 7) is 4.57. The van der Waals surface area contributed by atoms with Crippen LogP contribution in [0.4, 0.5) is 10.1 Å². The minimum absolute atomic E-state index is 0.132. The van der Waals surface area contributed by atoms with Crippen molar-refractivity contribution < 1.29 is 23.5 Å². The molecule has 1 heterocycles. The lowest BCUT2D eigenvalue weighted by Gasteiger charge is -2.12. The molecule has 7 nitrogen and oxygen atoms in total. The van der Waals surface area contributed by atoms with E-state index in [1.165, 1.54) is 54.9 Å². The monoisotopic (exact) mass is 469 g/mol. The molecule has 9 heteroatoms. The van der Waals surface area contributed by atoms with E-state index in [1.807, 2.05) is 0 Å². The van der Waals surface area contributed by atoms with Crippen LogP contribution in [0.1, 0.15) is 35.5 Å². The number of ketones is 1. The predicted molar refractivity (Wildman–Crippen MR) is 123 cm³/mol. The van der Waals surface area contributed by atoms with Gasteiger partial charge in [-0.05, 0) is 63.2 Å². The number of Topliss-reactive ketones (excluding diaryl/α,β-unsaturated/α-hetero) is 1. The van der Waals surface area contributed by atoms with Crippen LogP contribution in [0.3, 0.4) is 0 Å².